The van der Waals surface area contributed by atoms with E-state index in [1.54, 1.807) is 0 Å². The summed E-state index contributed by atoms with van der Waals surface area (Å²) in [6, 6.07) is 0. The smallest absolute Gasteiger partial charge is 0.306 e. The molecule has 0 aromatic rings. The number of hydrogen-bond acceptors (Lipinski definition) is 6. The maximum absolute atomic E-state index is 12.9. The van der Waals surface area contributed by atoms with Gasteiger partial charge in [-0.05, 0) is 77.0 Å². The molecule has 0 N–H and O–H groups in total. The highest BCUT2D eigenvalue weighted by atomic mass is 16.6. The van der Waals surface area contributed by atoms with Gasteiger partial charge in [-0.3, -0.25) is 14.4 Å². The van der Waals surface area contributed by atoms with Gasteiger partial charge in [-0.25, -0.2) is 0 Å². The topological polar surface area (TPSA) is 78.9 Å². The van der Waals surface area contributed by atoms with E-state index in [1.165, 1.54) is 250 Å². The van der Waals surface area contributed by atoms with Crippen LogP contribution in [0, 0.1) is 0 Å². The minimum atomic E-state index is -0.785. The first kappa shape index (κ1) is 75.4. The van der Waals surface area contributed by atoms with Gasteiger partial charge in [0.15, 0.2) is 6.10 Å². The van der Waals surface area contributed by atoms with E-state index < -0.39 is 6.10 Å². The van der Waals surface area contributed by atoms with Gasteiger partial charge in [0, 0.05) is 19.3 Å². The Hall–Kier alpha value is -2.63. The molecule has 1 unspecified atom stereocenters. The van der Waals surface area contributed by atoms with Crippen LogP contribution < -0.4 is 0 Å². The number of unbranched alkanes of at least 4 members (excludes halogenated alkanes) is 45. The predicted molar refractivity (Wildman–Crippen MR) is 339 cm³/mol. The maximum Gasteiger partial charge on any atom is 0.306 e. The van der Waals surface area contributed by atoms with Crippen molar-refractivity contribution in [3.05, 3.63) is 48.6 Å². The molecule has 0 rings (SSSR count). The molecule has 0 heterocycles. The maximum atomic E-state index is 12.9. The van der Waals surface area contributed by atoms with Crippen LogP contribution in [-0.4, -0.2) is 37.2 Å². The number of ether oxygens (including phenoxy) is 3. The first-order valence-corrected chi connectivity index (χ1v) is 34.6. The summed E-state index contributed by atoms with van der Waals surface area (Å²) in [6.45, 7) is 6.57. The van der Waals surface area contributed by atoms with Crippen molar-refractivity contribution >= 4 is 17.9 Å². The molecule has 0 aromatic carbocycles. The van der Waals surface area contributed by atoms with Gasteiger partial charge in [0.05, 0.1) is 0 Å². The van der Waals surface area contributed by atoms with Gasteiger partial charge < -0.3 is 14.2 Å². The summed E-state index contributed by atoms with van der Waals surface area (Å²) in [4.78, 5) is 38.4. The number of rotatable bonds is 64. The Morgan fingerprint density at radius 1 is 0.269 bits per heavy atom. The Bertz CT molecular complexity index is 1350. The minimum Gasteiger partial charge on any atom is -0.462 e. The number of hydrogen-bond donors (Lipinski definition) is 0. The Balaban J connectivity index is 4.25. The Labute approximate surface area is 486 Å². The Kier molecular flexibility index (Phi) is 64.6. The van der Waals surface area contributed by atoms with Crippen LogP contribution >= 0.6 is 0 Å². The van der Waals surface area contributed by atoms with Crippen molar-refractivity contribution in [3.8, 4) is 0 Å². The molecule has 0 aromatic heterocycles. The highest BCUT2D eigenvalue weighted by Crippen LogP contribution is 2.18. The van der Waals surface area contributed by atoms with E-state index in [9.17, 15) is 14.4 Å². The molecular formula is C72H132O6. The summed E-state index contributed by atoms with van der Waals surface area (Å²) in [6.07, 6.45) is 84.3. The third-order valence-corrected chi connectivity index (χ3v) is 15.6. The molecule has 456 valence electrons. The molecule has 1 atom stereocenters. The van der Waals surface area contributed by atoms with Gasteiger partial charge in [0.1, 0.15) is 13.2 Å². The summed E-state index contributed by atoms with van der Waals surface area (Å²) < 4.78 is 16.9. The molecule has 6 heteroatoms. The second kappa shape index (κ2) is 66.9. The lowest BCUT2D eigenvalue weighted by atomic mass is 10.0. The van der Waals surface area contributed by atoms with Crippen LogP contribution in [0.5, 0.6) is 0 Å². The highest BCUT2D eigenvalue weighted by Gasteiger charge is 2.19. The van der Waals surface area contributed by atoms with Crippen LogP contribution in [0.3, 0.4) is 0 Å². The number of carbonyl (C=O) groups is 3. The molecule has 0 amide bonds. The molecule has 78 heavy (non-hydrogen) atoms. The molecule has 6 nitrogen and oxygen atoms in total. The monoisotopic (exact) mass is 1090 g/mol. The molecule has 0 radical (unpaired) electrons. The summed E-state index contributed by atoms with van der Waals surface area (Å²) in [5.74, 6) is -0.886. The first-order valence-electron chi connectivity index (χ1n) is 34.6. The lowest BCUT2D eigenvalue weighted by molar-refractivity contribution is -0.167. The van der Waals surface area contributed by atoms with Crippen LogP contribution in [0.1, 0.15) is 374 Å². The standard InChI is InChI=1S/C72H132O6/c1-4-7-10-13-16-19-22-25-27-29-31-33-35-37-38-40-42-44-47-50-53-56-59-62-65-71(74)77-68-69(67-76-70(73)64-61-58-55-52-49-46-24-21-18-15-12-9-6-3)78-72(75)66-63-60-57-54-51-48-45-43-41-39-36-34-32-30-28-26-23-20-17-14-11-8-5-2/h9,12,18,21,30,32,46,49,69H,4-8,10-11,13-17,19-20,22-29,31,33-45,47-48,50-68H2,1-3H3/b12-9-,21-18-,32-30-,49-46-. The van der Waals surface area contributed by atoms with Crippen molar-refractivity contribution in [2.45, 2.75) is 380 Å². The average Bonchev–Trinajstić information content (AvgIpc) is 3.44. The van der Waals surface area contributed by atoms with Gasteiger partial charge in [-0.2, -0.15) is 0 Å². The second-order valence-electron chi connectivity index (χ2n) is 23.4. The quantitative estimate of drug-likeness (QED) is 0.0261. The zero-order chi connectivity index (χ0) is 56.4. The Morgan fingerprint density at radius 2 is 0.500 bits per heavy atom. The zero-order valence-electron chi connectivity index (χ0n) is 52.5. The third kappa shape index (κ3) is 64.2. The van der Waals surface area contributed by atoms with Crippen LogP contribution in [0.4, 0.5) is 0 Å². The first-order chi connectivity index (χ1) is 38.5. The lowest BCUT2D eigenvalue weighted by Crippen LogP contribution is -2.30. The second-order valence-corrected chi connectivity index (χ2v) is 23.4. The van der Waals surface area contributed by atoms with Crippen LogP contribution in [0.2, 0.25) is 0 Å². The fourth-order valence-corrected chi connectivity index (χ4v) is 10.4. The molecule has 0 fully saturated rings. The number of esters is 3. The minimum absolute atomic E-state index is 0.0787. The molecule has 0 aliphatic carbocycles. The zero-order valence-corrected chi connectivity index (χ0v) is 52.5. The van der Waals surface area contributed by atoms with Crippen LogP contribution in [0.15, 0.2) is 48.6 Å². The van der Waals surface area contributed by atoms with Crippen LogP contribution in [-0.2, 0) is 28.6 Å². The van der Waals surface area contributed by atoms with Gasteiger partial charge in [0.2, 0.25) is 0 Å². The van der Waals surface area contributed by atoms with E-state index in [-0.39, 0.29) is 31.1 Å². The fourth-order valence-electron chi connectivity index (χ4n) is 10.4. The van der Waals surface area contributed by atoms with E-state index >= 15 is 0 Å². The van der Waals surface area contributed by atoms with Crippen molar-refractivity contribution < 1.29 is 28.6 Å². The van der Waals surface area contributed by atoms with Crippen molar-refractivity contribution in [1.29, 1.82) is 0 Å². The summed E-state index contributed by atoms with van der Waals surface area (Å²) in [5, 5.41) is 0. The summed E-state index contributed by atoms with van der Waals surface area (Å²) >= 11 is 0. The fraction of sp³-hybridized carbons (Fsp3) is 0.847. The lowest BCUT2D eigenvalue weighted by Gasteiger charge is -2.18. The van der Waals surface area contributed by atoms with Crippen LogP contribution in [0.25, 0.3) is 0 Å². The molecular weight excluding hydrogens is 961 g/mol. The van der Waals surface area contributed by atoms with Crippen molar-refractivity contribution in [1.82, 2.24) is 0 Å². The normalized spacial score (nSPS) is 12.3. The largest absolute Gasteiger partial charge is 0.462 e. The van der Waals surface area contributed by atoms with E-state index in [0.717, 1.165) is 83.5 Å². The highest BCUT2D eigenvalue weighted by molar-refractivity contribution is 5.71. The van der Waals surface area contributed by atoms with Crippen molar-refractivity contribution in [3.63, 3.8) is 0 Å². The number of carbonyl (C=O) groups excluding carboxylic acids is 3. The van der Waals surface area contributed by atoms with Gasteiger partial charge in [-0.15, -0.1) is 0 Å². The van der Waals surface area contributed by atoms with E-state index in [2.05, 4.69) is 69.4 Å². The van der Waals surface area contributed by atoms with Gasteiger partial charge in [-0.1, -0.05) is 326 Å². The summed E-state index contributed by atoms with van der Waals surface area (Å²) in [7, 11) is 0. The van der Waals surface area contributed by atoms with E-state index in [0.29, 0.717) is 19.3 Å². The molecule has 0 spiro atoms. The molecule has 0 saturated heterocycles. The van der Waals surface area contributed by atoms with Crippen molar-refractivity contribution in [2.75, 3.05) is 13.2 Å². The van der Waals surface area contributed by atoms with Crippen molar-refractivity contribution in [2.24, 2.45) is 0 Å². The van der Waals surface area contributed by atoms with Gasteiger partial charge in [0.25, 0.3) is 0 Å². The molecule has 0 bridgehead atoms. The SMILES string of the molecule is CC/C=C\C/C=C\C/C=C\CCCCCC(=O)OCC(COC(=O)CCCCCCCCCCCCCCCCCCCCCCCCCC)OC(=O)CCCCCCCCCCCCC/C=C\CCCCCCCCCC. The molecule has 0 aliphatic heterocycles. The third-order valence-electron chi connectivity index (χ3n) is 15.6. The van der Waals surface area contributed by atoms with E-state index in [1.807, 2.05) is 0 Å². The van der Waals surface area contributed by atoms with E-state index in [4.69, 9.17) is 14.2 Å². The van der Waals surface area contributed by atoms with Gasteiger partial charge >= 0.3 is 17.9 Å². The average molecular weight is 1090 g/mol. The Morgan fingerprint density at radius 3 is 0.808 bits per heavy atom. The summed E-state index contributed by atoms with van der Waals surface area (Å²) in [5.41, 5.74) is 0. The molecule has 0 aliphatic rings. The number of allylic oxidation sites excluding steroid dienone is 8. The predicted octanol–water partition coefficient (Wildman–Crippen LogP) is 23.7. The molecule has 0 saturated carbocycles.